The molecule has 0 amide bonds. The van der Waals surface area contributed by atoms with E-state index in [1.807, 2.05) is 13.0 Å². The Morgan fingerprint density at radius 3 is 2.53 bits per heavy atom. The predicted molar refractivity (Wildman–Crippen MR) is 132 cm³/mol. The summed E-state index contributed by atoms with van der Waals surface area (Å²) in [5, 5.41) is 11.3. The van der Waals surface area contributed by atoms with E-state index in [1.54, 1.807) is 7.05 Å². The van der Waals surface area contributed by atoms with Gasteiger partial charge in [-0.3, -0.25) is 9.67 Å². The zero-order valence-electron chi connectivity index (χ0n) is 18.6. The van der Waals surface area contributed by atoms with Crippen LogP contribution in [0.25, 0.3) is 0 Å². The number of ether oxygens (including phenoxy) is 2. The first-order valence-corrected chi connectivity index (χ1v) is 10.2. The van der Waals surface area contributed by atoms with Crippen molar-refractivity contribution < 1.29 is 9.47 Å². The van der Waals surface area contributed by atoms with Crippen molar-refractivity contribution >= 4 is 29.9 Å². The van der Waals surface area contributed by atoms with Crippen LogP contribution in [0, 0.1) is 13.8 Å². The number of guanidine groups is 1. The van der Waals surface area contributed by atoms with Gasteiger partial charge < -0.3 is 20.1 Å². The zero-order chi connectivity index (χ0) is 20.9. The van der Waals surface area contributed by atoms with Crippen molar-refractivity contribution in [3.63, 3.8) is 0 Å². The van der Waals surface area contributed by atoms with E-state index in [0.29, 0.717) is 13.2 Å². The fraction of sp³-hybridized carbons (Fsp3) is 0.545. The highest BCUT2D eigenvalue weighted by molar-refractivity contribution is 14.0. The molecule has 0 saturated carbocycles. The van der Waals surface area contributed by atoms with Gasteiger partial charge in [-0.2, -0.15) is 5.10 Å². The molecule has 166 valence electrons. The van der Waals surface area contributed by atoms with Crippen LogP contribution in [0.5, 0.6) is 11.5 Å². The van der Waals surface area contributed by atoms with Crippen molar-refractivity contribution in [2.24, 2.45) is 4.99 Å². The monoisotopic (exact) mass is 527 g/mol. The van der Waals surface area contributed by atoms with E-state index >= 15 is 0 Å². The minimum atomic E-state index is -0.0862. The van der Waals surface area contributed by atoms with E-state index < -0.39 is 0 Å². The van der Waals surface area contributed by atoms with Crippen LogP contribution in [0.4, 0.5) is 0 Å². The van der Waals surface area contributed by atoms with Crippen LogP contribution in [-0.4, -0.2) is 49.1 Å². The first kappa shape index (κ1) is 24.3. The average molecular weight is 527 g/mol. The third-order valence-electron chi connectivity index (χ3n) is 5.19. The molecule has 8 heteroatoms. The van der Waals surface area contributed by atoms with Gasteiger partial charge in [0.05, 0.1) is 5.69 Å². The summed E-state index contributed by atoms with van der Waals surface area (Å²) in [6.45, 7) is 12.2. The second kappa shape index (κ2) is 10.9. The Labute approximate surface area is 196 Å². The van der Waals surface area contributed by atoms with Crippen molar-refractivity contribution in [3.8, 4) is 11.5 Å². The van der Waals surface area contributed by atoms with Gasteiger partial charge in [0.15, 0.2) is 17.5 Å². The number of aromatic nitrogens is 2. The van der Waals surface area contributed by atoms with E-state index in [-0.39, 0.29) is 29.4 Å². The highest BCUT2D eigenvalue weighted by Gasteiger charge is 2.23. The van der Waals surface area contributed by atoms with Crippen LogP contribution in [-0.2, 0) is 12.0 Å². The minimum Gasteiger partial charge on any atom is -0.486 e. The first-order chi connectivity index (χ1) is 13.9. The molecule has 0 atom stereocenters. The molecule has 2 aromatic rings. The Hall–Kier alpha value is -1.97. The number of rotatable bonds is 7. The predicted octanol–water partition coefficient (Wildman–Crippen LogP) is 3.42. The van der Waals surface area contributed by atoms with Crippen molar-refractivity contribution in [2.75, 3.05) is 33.4 Å². The summed E-state index contributed by atoms with van der Waals surface area (Å²) in [6, 6.07) is 8.30. The minimum absolute atomic E-state index is 0. The van der Waals surface area contributed by atoms with Gasteiger partial charge in [0.25, 0.3) is 0 Å². The van der Waals surface area contributed by atoms with Gasteiger partial charge in [-0.25, -0.2) is 0 Å². The molecule has 30 heavy (non-hydrogen) atoms. The lowest BCUT2D eigenvalue weighted by molar-refractivity contribution is 0.171. The Kier molecular flexibility index (Phi) is 8.81. The maximum atomic E-state index is 5.73. The lowest BCUT2D eigenvalue weighted by atomic mass is 9.84. The van der Waals surface area contributed by atoms with Gasteiger partial charge in [-0.1, -0.05) is 19.9 Å². The molecule has 1 aromatic heterocycles. The van der Waals surface area contributed by atoms with Crippen LogP contribution in [0.1, 0.15) is 37.2 Å². The molecule has 0 aliphatic carbocycles. The summed E-state index contributed by atoms with van der Waals surface area (Å²) in [5.41, 5.74) is 3.38. The number of nitrogens with one attached hydrogen (secondary N) is 2. The molecule has 0 bridgehead atoms. The van der Waals surface area contributed by atoms with Gasteiger partial charge >= 0.3 is 0 Å². The quantitative estimate of drug-likeness (QED) is 0.250. The molecule has 1 aliphatic rings. The number of fused-ring (bicyclic) bond motifs is 1. The molecule has 1 aliphatic heterocycles. The Morgan fingerprint density at radius 2 is 1.87 bits per heavy atom. The summed E-state index contributed by atoms with van der Waals surface area (Å²) in [6.07, 6.45) is 0.980. The fourth-order valence-electron chi connectivity index (χ4n) is 3.43. The SMILES string of the molecule is CN=C(NCCCn1nc(C)cc1C)NCC(C)(C)c1ccc2c(c1)OCCO2.I. The molecule has 0 unspecified atom stereocenters. The van der Waals surface area contributed by atoms with Crippen LogP contribution in [0.3, 0.4) is 0 Å². The Morgan fingerprint density at radius 1 is 1.13 bits per heavy atom. The summed E-state index contributed by atoms with van der Waals surface area (Å²) in [4.78, 5) is 4.35. The number of hydrogen-bond donors (Lipinski definition) is 2. The van der Waals surface area contributed by atoms with E-state index in [0.717, 1.165) is 49.2 Å². The number of aliphatic imine (C=N–C) groups is 1. The normalized spacial score (nSPS) is 13.6. The molecule has 2 N–H and O–H groups in total. The highest BCUT2D eigenvalue weighted by atomic mass is 127. The molecule has 0 saturated heterocycles. The number of halogens is 1. The van der Waals surface area contributed by atoms with Gasteiger partial charge in [-0.05, 0) is 44.0 Å². The first-order valence-electron chi connectivity index (χ1n) is 10.2. The van der Waals surface area contributed by atoms with Crippen LogP contribution in [0.15, 0.2) is 29.3 Å². The van der Waals surface area contributed by atoms with Gasteiger partial charge in [0.1, 0.15) is 13.2 Å². The maximum absolute atomic E-state index is 5.73. The Bertz CT molecular complexity index is 863. The van der Waals surface area contributed by atoms with Crippen molar-refractivity contribution in [1.82, 2.24) is 20.4 Å². The lowest BCUT2D eigenvalue weighted by Crippen LogP contribution is -2.43. The van der Waals surface area contributed by atoms with E-state index in [9.17, 15) is 0 Å². The number of aryl methyl sites for hydroxylation is 3. The van der Waals surface area contributed by atoms with Crippen molar-refractivity contribution in [1.29, 1.82) is 0 Å². The van der Waals surface area contributed by atoms with Crippen molar-refractivity contribution in [2.45, 2.75) is 46.1 Å². The second-order valence-electron chi connectivity index (χ2n) is 8.10. The molecule has 7 nitrogen and oxygen atoms in total. The standard InChI is InChI=1S/C22H33N5O2.HI/c1-16-13-17(2)27(26-16)10-6-9-24-21(23-5)25-15-22(3,4)18-7-8-19-20(14-18)29-12-11-28-19;/h7-8,13-14H,6,9-12,15H2,1-5H3,(H2,23,24,25);1H. The molecule has 3 rings (SSSR count). The molecule has 0 radical (unpaired) electrons. The van der Waals surface area contributed by atoms with Gasteiger partial charge in [0, 0.05) is 37.8 Å². The topological polar surface area (TPSA) is 72.7 Å². The van der Waals surface area contributed by atoms with Gasteiger partial charge in [0.2, 0.25) is 0 Å². The average Bonchev–Trinajstić information content (AvgIpc) is 3.04. The Balaban J connectivity index is 0.00000320. The molecule has 0 spiro atoms. The molecule has 1 aromatic carbocycles. The summed E-state index contributed by atoms with van der Waals surface area (Å²) in [5.74, 6) is 2.46. The van der Waals surface area contributed by atoms with Gasteiger partial charge in [-0.15, -0.1) is 24.0 Å². The fourth-order valence-corrected chi connectivity index (χ4v) is 3.43. The highest BCUT2D eigenvalue weighted by Crippen LogP contribution is 2.34. The van der Waals surface area contributed by atoms with Crippen LogP contribution >= 0.6 is 24.0 Å². The third-order valence-corrected chi connectivity index (χ3v) is 5.19. The van der Waals surface area contributed by atoms with Crippen LogP contribution in [0.2, 0.25) is 0 Å². The van der Waals surface area contributed by atoms with E-state index in [2.05, 4.69) is 64.4 Å². The maximum Gasteiger partial charge on any atom is 0.191 e. The van der Waals surface area contributed by atoms with E-state index in [4.69, 9.17) is 9.47 Å². The summed E-state index contributed by atoms with van der Waals surface area (Å²) in [7, 11) is 1.80. The summed E-state index contributed by atoms with van der Waals surface area (Å²) >= 11 is 0. The largest absolute Gasteiger partial charge is 0.486 e. The van der Waals surface area contributed by atoms with Crippen molar-refractivity contribution in [3.05, 3.63) is 41.2 Å². The second-order valence-corrected chi connectivity index (χ2v) is 8.10. The zero-order valence-corrected chi connectivity index (χ0v) is 20.9. The third kappa shape index (κ3) is 6.26. The number of benzene rings is 1. The smallest absolute Gasteiger partial charge is 0.191 e. The molecular formula is C22H34IN5O2. The van der Waals surface area contributed by atoms with Crippen LogP contribution < -0.4 is 20.1 Å². The molecule has 2 heterocycles. The molecular weight excluding hydrogens is 493 g/mol. The lowest BCUT2D eigenvalue weighted by Gasteiger charge is -2.28. The number of nitrogens with zero attached hydrogens (tertiary/aromatic N) is 3. The molecule has 0 fully saturated rings. The number of hydrogen-bond acceptors (Lipinski definition) is 4. The van der Waals surface area contributed by atoms with E-state index in [1.165, 1.54) is 11.3 Å². The summed E-state index contributed by atoms with van der Waals surface area (Å²) < 4.78 is 13.4.